The van der Waals surface area contributed by atoms with Gasteiger partial charge in [0.05, 0.1) is 10.8 Å². The number of benzene rings is 2. The minimum atomic E-state index is -3.75. The molecule has 2 aromatic carbocycles. The van der Waals surface area contributed by atoms with E-state index < -0.39 is 15.9 Å². The van der Waals surface area contributed by atoms with Crippen LogP contribution in [0.4, 0.5) is 11.4 Å². The summed E-state index contributed by atoms with van der Waals surface area (Å²) in [7, 11) is -3.75. The maximum atomic E-state index is 13.1. The monoisotopic (exact) mass is 445 g/mol. The first-order valence-electron chi connectivity index (χ1n) is 9.91. The van der Waals surface area contributed by atoms with E-state index in [-0.39, 0.29) is 30.0 Å². The average Bonchev–Trinajstić information content (AvgIpc) is 3.22. The van der Waals surface area contributed by atoms with Gasteiger partial charge in [-0.1, -0.05) is 0 Å². The maximum absolute atomic E-state index is 13.1. The van der Waals surface area contributed by atoms with Crippen molar-refractivity contribution in [1.29, 1.82) is 0 Å². The molecule has 0 spiro atoms. The zero-order valence-corrected chi connectivity index (χ0v) is 17.8. The van der Waals surface area contributed by atoms with E-state index in [1.807, 2.05) is 0 Å². The summed E-state index contributed by atoms with van der Waals surface area (Å²) in [5, 5.41) is 5.45. The molecule has 2 aliphatic heterocycles. The molecular weight excluding hydrogens is 422 g/mol. The second-order valence-corrected chi connectivity index (χ2v) is 9.40. The summed E-state index contributed by atoms with van der Waals surface area (Å²) in [5.74, 6) is 0.251. The second-order valence-electron chi connectivity index (χ2n) is 7.47. The molecular formula is C21H23N3O6S. The highest BCUT2D eigenvalue weighted by atomic mass is 32.2. The van der Waals surface area contributed by atoms with Crippen molar-refractivity contribution in [1.82, 2.24) is 4.31 Å². The van der Waals surface area contributed by atoms with Crippen LogP contribution in [0.15, 0.2) is 47.4 Å². The Hall–Kier alpha value is -3.11. The van der Waals surface area contributed by atoms with Gasteiger partial charge < -0.3 is 20.1 Å². The highest BCUT2D eigenvalue weighted by Gasteiger charge is 2.33. The molecule has 0 aromatic heterocycles. The maximum Gasteiger partial charge on any atom is 0.243 e. The Morgan fingerprint density at radius 1 is 1.00 bits per heavy atom. The smallest absolute Gasteiger partial charge is 0.243 e. The van der Waals surface area contributed by atoms with Crippen LogP contribution in [0, 0.1) is 5.92 Å². The molecule has 9 nitrogen and oxygen atoms in total. The number of fused-ring (bicyclic) bond motifs is 1. The lowest BCUT2D eigenvalue weighted by Gasteiger charge is -2.31. The van der Waals surface area contributed by atoms with Gasteiger partial charge in [-0.15, -0.1) is 0 Å². The Kier molecular flexibility index (Phi) is 5.84. The lowest BCUT2D eigenvalue weighted by Crippen LogP contribution is -2.43. The molecule has 164 valence electrons. The largest absolute Gasteiger partial charge is 0.454 e. The molecule has 0 aliphatic carbocycles. The molecule has 1 fully saturated rings. The topological polar surface area (TPSA) is 114 Å². The third kappa shape index (κ3) is 4.64. The van der Waals surface area contributed by atoms with Crippen LogP contribution in [0.25, 0.3) is 0 Å². The SMILES string of the molecule is CC(=O)Nc1ccc(S(=O)(=O)N2CCC[C@H](C(=O)Nc3ccc4c(c3)OCO4)C2)cc1. The molecule has 10 heteroatoms. The van der Waals surface area contributed by atoms with Gasteiger partial charge in [0, 0.05) is 37.5 Å². The fourth-order valence-electron chi connectivity index (χ4n) is 3.66. The van der Waals surface area contributed by atoms with E-state index in [1.54, 1.807) is 30.3 Å². The number of hydrogen-bond donors (Lipinski definition) is 2. The van der Waals surface area contributed by atoms with Crippen LogP contribution >= 0.6 is 0 Å². The minimum absolute atomic E-state index is 0.103. The molecule has 0 radical (unpaired) electrons. The number of hydrogen-bond acceptors (Lipinski definition) is 6. The van der Waals surface area contributed by atoms with E-state index in [9.17, 15) is 18.0 Å². The van der Waals surface area contributed by atoms with Gasteiger partial charge in [0.25, 0.3) is 0 Å². The summed E-state index contributed by atoms with van der Waals surface area (Å²) in [6, 6.07) is 11.1. The first kappa shape index (κ1) is 21.1. The first-order chi connectivity index (χ1) is 14.8. The van der Waals surface area contributed by atoms with Crippen molar-refractivity contribution in [3.63, 3.8) is 0 Å². The fourth-order valence-corrected chi connectivity index (χ4v) is 5.18. The molecule has 1 atom stereocenters. The molecule has 0 bridgehead atoms. The molecule has 2 heterocycles. The van der Waals surface area contributed by atoms with Crippen molar-refractivity contribution < 1.29 is 27.5 Å². The summed E-state index contributed by atoms with van der Waals surface area (Å²) >= 11 is 0. The van der Waals surface area contributed by atoms with E-state index in [0.717, 1.165) is 0 Å². The second kappa shape index (κ2) is 8.56. The molecule has 31 heavy (non-hydrogen) atoms. The van der Waals surface area contributed by atoms with E-state index in [4.69, 9.17) is 9.47 Å². The van der Waals surface area contributed by atoms with Crippen molar-refractivity contribution >= 4 is 33.2 Å². The van der Waals surface area contributed by atoms with Gasteiger partial charge in [-0.3, -0.25) is 9.59 Å². The van der Waals surface area contributed by atoms with Gasteiger partial charge in [-0.25, -0.2) is 8.42 Å². The van der Waals surface area contributed by atoms with Crippen LogP contribution in [-0.4, -0.2) is 44.4 Å². The standard InChI is InChI=1S/C21H23N3O6S/c1-14(25)22-16-4-7-18(8-5-16)31(27,28)24-10-2-3-15(12-24)21(26)23-17-6-9-19-20(11-17)30-13-29-19/h4-9,11,15H,2-3,10,12-13H2,1H3,(H,22,25)(H,23,26)/t15-/m0/s1. The number of sulfonamides is 1. The van der Waals surface area contributed by atoms with Crippen LogP contribution in [0.5, 0.6) is 11.5 Å². The molecule has 4 rings (SSSR count). The normalized spacial score (nSPS) is 18.4. The minimum Gasteiger partial charge on any atom is -0.454 e. The molecule has 2 N–H and O–H groups in total. The predicted molar refractivity (Wildman–Crippen MR) is 113 cm³/mol. The summed E-state index contributed by atoms with van der Waals surface area (Å²) in [5.41, 5.74) is 1.09. The Bertz CT molecular complexity index is 1100. The molecule has 2 amide bonds. The van der Waals surface area contributed by atoms with Crippen LogP contribution in [0.1, 0.15) is 19.8 Å². The van der Waals surface area contributed by atoms with E-state index in [1.165, 1.54) is 23.4 Å². The number of ether oxygens (including phenoxy) is 2. The zero-order valence-electron chi connectivity index (χ0n) is 17.0. The molecule has 2 aliphatic rings. The van der Waals surface area contributed by atoms with Crippen molar-refractivity contribution in [2.75, 3.05) is 30.5 Å². The van der Waals surface area contributed by atoms with Crippen LogP contribution in [-0.2, 0) is 19.6 Å². The molecule has 0 unspecified atom stereocenters. The summed E-state index contributed by atoms with van der Waals surface area (Å²) in [6.45, 7) is 1.98. The van der Waals surface area contributed by atoms with E-state index in [2.05, 4.69) is 10.6 Å². The Morgan fingerprint density at radius 3 is 2.45 bits per heavy atom. The predicted octanol–water partition coefficient (Wildman–Crippen LogP) is 2.41. The highest BCUT2D eigenvalue weighted by Crippen LogP contribution is 2.34. The quantitative estimate of drug-likeness (QED) is 0.731. The van der Waals surface area contributed by atoms with Gasteiger partial charge in [-0.2, -0.15) is 4.31 Å². The number of amides is 2. The number of rotatable bonds is 5. The van der Waals surface area contributed by atoms with Crippen LogP contribution in [0.3, 0.4) is 0 Å². The number of nitrogens with one attached hydrogen (secondary N) is 2. The molecule has 0 saturated carbocycles. The summed E-state index contributed by atoms with van der Waals surface area (Å²) in [6.07, 6.45) is 1.19. The highest BCUT2D eigenvalue weighted by molar-refractivity contribution is 7.89. The number of carbonyl (C=O) groups is 2. The number of nitrogens with zero attached hydrogens (tertiary/aromatic N) is 1. The van der Waals surface area contributed by atoms with E-state index in [0.29, 0.717) is 42.3 Å². The lowest BCUT2D eigenvalue weighted by atomic mass is 9.98. The van der Waals surface area contributed by atoms with Gasteiger partial charge in [-0.05, 0) is 49.2 Å². The average molecular weight is 445 g/mol. The van der Waals surface area contributed by atoms with Gasteiger partial charge in [0.15, 0.2) is 11.5 Å². The fraction of sp³-hybridized carbons (Fsp3) is 0.333. The number of piperidine rings is 1. The number of anilines is 2. The van der Waals surface area contributed by atoms with Crippen molar-refractivity contribution in [2.45, 2.75) is 24.7 Å². The molecule has 1 saturated heterocycles. The van der Waals surface area contributed by atoms with Crippen LogP contribution < -0.4 is 20.1 Å². The number of carbonyl (C=O) groups excluding carboxylic acids is 2. The third-order valence-electron chi connectivity index (χ3n) is 5.21. The Morgan fingerprint density at radius 2 is 1.71 bits per heavy atom. The van der Waals surface area contributed by atoms with Crippen molar-refractivity contribution in [3.8, 4) is 11.5 Å². The molecule has 2 aromatic rings. The summed E-state index contributed by atoms with van der Waals surface area (Å²) in [4.78, 5) is 24.0. The third-order valence-corrected chi connectivity index (χ3v) is 7.09. The Balaban J connectivity index is 1.43. The lowest BCUT2D eigenvalue weighted by molar-refractivity contribution is -0.121. The summed E-state index contributed by atoms with van der Waals surface area (Å²) < 4.78 is 38.0. The van der Waals surface area contributed by atoms with Crippen molar-refractivity contribution in [2.24, 2.45) is 5.92 Å². The van der Waals surface area contributed by atoms with Gasteiger partial charge in [0.1, 0.15) is 0 Å². The van der Waals surface area contributed by atoms with Gasteiger partial charge in [0.2, 0.25) is 28.6 Å². The van der Waals surface area contributed by atoms with Crippen LogP contribution in [0.2, 0.25) is 0 Å². The van der Waals surface area contributed by atoms with E-state index >= 15 is 0 Å². The zero-order chi connectivity index (χ0) is 22.0. The van der Waals surface area contributed by atoms with Gasteiger partial charge >= 0.3 is 0 Å². The first-order valence-corrected chi connectivity index (χ1v) is 11.4. The van der Waals surface area contributed by atoms with Crippen molar-refractivity contribution in [3.05, 3.63) is 42.5 Å². The Labute approximate surface area is 180 Å².